The third kappa shape index (κ3) is 8.09. The summed E-state index contributed by atoms with van der Waals surface area (Å²) in [6.45, 7) is 6.25. The second-order valence-corrected chi connectivity index (χ2v) is 12.9. The number of hydrogen-bond donors (Lipinski definition) is 4. The molecule has 136 valence electrons. The van der Waals surface area contributed by atoms with Crippen LogP contribution in [0.15, 0.2) is 0 Å². The Morgan fingerprint density at radius 2 is 1.09 bits per heavy atom. The maximum atomic E-state index is 11.1. The molecule has 0 rings (SSSR count). The zero-order valence-electron chi connectivity index (χ0n) is 13.5. The van der Waals surface area contributed by atoms with Gasteiger partial charge in [0.25, 0.3) is 10.1 Å². The fraction of sp³-hybridized carbons (Fsp3) is 1.00. The molecular formula is C12H28O6S4. The van der Waals surface area contributed by atoms with Gasteiger partial charge >= 0.3 is 0 Å². The Morgan fingerprint density at radius 1 is 0.727 bits per heavy atom. The summed E-state index contributed by atoms with van der Waals surface area (Å²) in [5, 5.41) is 0. The van der Waals surface area contributed by atoms with E-state index in [1.54, 1.807) is 37.4 Å². The molecule has 0 radical (unpaired) electrons. The van der Waals surface area contributed by atoms with Crippen LogP contribution >= 0.6 is 34.4 Å². The molecule has 0 aromatic carbocycles. The van der Waals surface area contributed by atoms with Crippen molar-refractivity contribution in [1.29, 1.82) is 0 Å². The fourth-order valence-corrected chi connectivity index (χ4v) is 4.88. The molecule has 0 fully saturated rings. The number of hydrogen-bond acceptors (Lipinski definition) is 7. The van der Waals surface area contributed by atoms with Crippen LogP contribution in [0.1, 0.15) is 40.5 Å². The zero-order valence-corrected chi connectivity index (χ0v) is 16.7. The number of thioether (sulfide) groups is 2. The molecule has 0 amide bonds. The van der Waals surface area contributed by atoms with E-state index in [4.69, 9.17) is 4.55 Å². The van der Waals surface area contributed by atoms with E-state index in [0.29, 0.717) is 24.3 Å². The van der Waals surface area contributed by atoms with Gasteiger partial charge in [-0.15, -0.1) is 0 Å². The predicted molar refractivity (Wildman–Crippen MR) is 99.1 cm³/mol. The topological polar surface area (TPSA) is 115 Å². The van der Waals surface area contributed by atoms with E-state index in [-0.39, 0.29) is 0 Å². The lowest BCUT2D eigenvalue weighted by Gasteiger charge is -2.37. The van der Waals surface area contributed by atoms with Gasteiger partial charge in [0.2, 0.25) is 0 Å². The first-order valence-corrected chi connectivity index (χ1v) is 12.1. The lowest BCUT2D eigenvalue weighted by Crippen LogP contribution is -2.31. The second kappa shape index (κ2) is 8.80. The average Bonchev–Trinajstić information content (AvgIpc) is 2.29. The zero-order chi connectivity index (χ0) is 17.7. The van der Waals surface area contributed by atoms with Crippen LogP contribution in [-0.2, 0) is 10.1 Å². The van der Waals surface area contributed by atoms with Crippen LogP contribution in [0.3, 0.4) is 0 Å². The van der Waals surface area contributed by atoms with Gasteiger partial charge in [0.1, 0.15) is 0 Å². The molecule has 0 atom stereocenters. The Hall–Kier alpha value is 0.840. The van der Waals surface area contributed by atoms with Crippen LogP contribution in [0.4, 0.5) is 0 Å². The molecule has 0 bridgehead atoms. The minimum Gasteiger partial charge on any atom is -0.308 e. The molecule has 10 heteroatoms. The molecular weight excluding hydrogens is 368 g/mol. The highest BCUT2D eigenvalue weighted by Crippen LogP contribution is 2.50. The predicted octanol–water partition coefficient (Wildman–Crippen LogP) is 3.90. The van der Waals surface area contributed by atoms with E-state index in [2.05, 4.69) is 0 Å². The smallest absolute Gasteiger partial charge is 0.270 e. The maximum absolute atomic E-state index is 11.1. The van der Waals surface area contributed by atoms with Crippen LogP contribution in [0.2, 0.25) is 0 Å². The Bertz CT molecular complexity index is 427. The van der Waals surface area contributed by atoms with Crippen molar-refractivity contribution in [2.24, 2.45) is 0 Å². The van der Waals surface area contributed by atoms with Gasteiger partial charge in [-0.2, -0.15) is 31.9 Å². The van der Waals surface area contributed by atoms with Gasteiger partial charge in [-0.3, -0.25) is 4.55 Å². The lowest BCUT2D eigenvalue weighted by atomic mass is 10.1. The Morgan fingerprint density at radius 3 is 1.41 bits per heavy atom. The van der Waals surface area contributed by atoms with Gasteiger partial charge in [0, 0.05) is 11.5 Å². The van der Waals surface area contributed by atoms with Crippen molar-refractivity contribution >= 4 is 44.5 Å². The van der Waals surface area contributed by atoms with Crippen molar-refractivity contribution in [3.05, 3.63) is 0 Å². The van der Waals surface area contributed by atoms with Crippen LogP contribution in [0.25, 0.3) is 0 Å². The molecule has 0 aliphatic rings. The number of rotatable bonds is 11. The minimum atomic E-state index is -4.02. The Labute approximate surface area is 144 Å². The molecule has 0 aliphatic heterocycles. The maximum Gasteiger partial charge on any atom is 0.270 e. The molecule has 0 spiro atoms. The van der Waals surface area contributed by atoms with Crippen molar-refractivity contribution in [1.82, 2.24) is 0 Å². The summed E-state index contributed by atoms with van der Waals surface area (Å²) in [6, 6.07) is 0. The molecule has 22 heavy (non-hydrogen) atoms. The summed E-state index contributed by atoms with van der Waals surface area (Å²) in [7, 11) is -7.55. The van der Waals surface area contributed by atoms with Crippen molar-refractivity contribution in [3.63, 3.8) is 0 Å². The third-order valence-electron chi connectivity index (χ3n) is 3.51. The van der Waals surface area contributed by atoms with Crippen molar-refractivity contribution in [2.45, 2.75) is 50.0 Å². The Balaban J connectivity index is 3.77. The monoisotopic (exact) mass is 396 g/mol. The highest BCUT2D eigenvalue weighted by molar-refractivity contribution is 8.20. The summed E-state index contributed by atoms with van der Waals surface area (Å²) in [4.78, 5) is 0. The van der Waals surface area contributed by atoms with Crippen molar-refractivity contribution in [2.75, 3.05) is 23.0 Å². The van der Waals surface area contributed by atoms with Gasteiger partial charge in [-0.05, 0) is 52.0 Å². The normalized spacial score (nSPS) is 15.1. The molecule has 0 heterocycles. The van der Waals surface area contributed by atoms with E-state index < -0.39 is 30.5 Å². The van der Waals surface area contributed by atoms with Gasteiger partial charge in [-0.1, -0.05) is 0 Å². The van der Waals surface area contributed by atoms with Crippen LogP contribution in [-0.4, -0.2) is 59.1 Å². The highest BCUT2D eigenvalue weighted by atomic mass is 32.3. The molecule has 0 saturated carbocycles. The molecule has 6 nitrogen and oxygen atoms in total. The van der Waals surface area contributed by atoms with Crippen molar-refractivity contribution < 1.29 is 26.6 Å². The van der Waals surface area contributed by atoms with Gasteiger partial charge in [0.15, 0.2) is 0 Å². The van der Waals surface area contributed by atoms with Crippen molar-refractivity contribution in [3.8, 4) is 0 Å². The second-order valence-electron chi connectivity index (χ2n) is 6.24. The summed E-state index contributed by atoms with van der Waals surface area (Å²) in [5.74, 6) is 3.07. The molecule has 0 unspecified atom stereocenters. The summed E-state index contributed by atoms with van der Waals surface area (Å²) in [5.41, 5.74) is 0. The summed E-state index contributed by atoms with van der Waals surface area (Å²) < 4.78 is 57.1. The molecule has 0 aliphatic carbocycles. The van der Waals surface area contributed by atoms with Gasteiger partial charge < -0.3 is 13.7 Å². The summed E-state index contributed by atoms with van der Waals surface area (Å²) in [6.07, 6.45) is 0.885. The van der Waals surface area contributed by atoms with E-state index in [0.717, 1.165) is 11.5 Å². The van der Waals surface area contributed by atoms with Crippen LogP contribution in [0, 0.1) is 0 Å². The molecule has 0 aromatic rings. The van der Waals surface area contributed by atoms with E-state index >= 15 is 0 Å². The first-order valence-electron chi connectivity index (χ1n) is 6.83. The fourth-order valence-electron chi connectivity index (χ4n) is 1.22. The van der Waals surface area contributed by atoms with E-state index in [9.17, 15) is 22.1 Å². The minimum absolute atomic E-state index is 0.389. The molecule has 4 N–H and O–H groups in total. The van der Waals surface area contributed by atoms with E-state index in [1.165, 1.54) is 13.8 Å². The standard InChI is InChI=1S/C12H28O6S4/c1-11(2,21(13,14)15)5-7-19-9-10-20-8-6-12(3,4)22(16,17)18/h13-15H,5-10H2,1-4H3,(H,16,17,18). The third-order valence-corrected chi connectivity index (χ3v) is 9.03. The molecule has 0 saturated heterocycles. The quantitative estimate of drug-likeness (QED) is 0.307. The summed E-state index contributed by atoms with van der Waals surface area (Å²) >= 11 is 3.27. The average molecular weight is 397 g/mol. The first-order chi connectivity index (χ1) is 9.71. The first kappa shape index (κ1) is 22.8. The van der Waals surface area contributed by atoms with E-state index in [1.807, 2.05) is 0 Å². The Kier molecular flexibility index (Phi) is 9.13. The van der Waals surface area contributed by atoms with Crippen LogP contribution < -0.4 is 0 Å². The lowest BCUT2D eigenvalue weighted by molar-refractivity contribution is 0.337. The molecule has 0 aromatic heterocycles. The van der Waals surface area contributed by atoms with Gasteiger partial charge in [0.05, 0.1) is 20.4 Å². The highest BCUT2D eigenvalue weighted by Gasteiger charge is 2.35. The SMILES string of the molecule is CC(C)(CCSCCSCCC(C)(C)S(=O)(=O)O)S(O)(O)O. The largest absolute Gasteiger partial charge is 0.308 e. The van der Waals surface area contributed by atoms with Crippen LogP contribution in [0.5, 0.6) is 0 Å². The van der Waals surface area contributed by atoms with Gasteiger partial charge in [-0.25, -0.2) is 0 Å².